The first-order valence-corrected chi connectivity index (χ1v) is 6.44. The van der Waals surface area contributed by atoms with Gasteiger partial charge in [0.2, 0.25) is 5.69 Å². The number of nitrogens with zero attached hydrogens (tertiary/aromatic N) is 3. The molecule has 1 aromatic heterocycles. The third kappa shape index (κ3) is 2.76. The molecule has 0 saturated heterocycles. The Bertz CT molecular complexity index is 788. The van der Waals surface area contributed by atoms with E-state index in [1.54, 1.807) is 0 Å². The topological polar surface area (TPSA) is 99.4 Å². The van der Waals surface area contributed by atoms with Crippen LogP contribution in [0.1, 0.15) is 11.1 Å². The van der Waals surface area contributed by atoms with E-state index in [0.717, 1.165) is 15.7 Å². The van der Waals surface area contributed by atoms with Gasteiger partial charge in [0.1, 0.15) is 5.82 Å². The predicted molar refractivity (Wildman–Crippen MR) is 80.7 cm³/mol. The van der Waals surface area contributed by atoms with E-state index in [4.69, 9.17) is 5.73 Å². The highest BCUT2D eigenvalue weighted by Crippen LogP contribution is 2.14. The fraction of sp³-hybridized carbons (Fsp3) is 0.286. The van der Waals surface area contributed by atoms with Gasteiger partial charge in [0, 0.05) is 13.6 Å². The number of rotatable bonds is 4. The highest BCUT2D eigenvalue weighted by Gasteiger charge is 2.15. The summed E-state index contributed by atoms with van der Waals surface area (Å²) in [6.07, 6.45) is 0.556. The fourth-order valence-electron chi connectivity index (χ4n) is 2.06. The van der Waals surface area contributed by atoms with Crippen molar-refractivity contribution in [2.45, 2.75) is 19.9 Å². The molecule has 2 rings (SSSR count). The Kier molecular flexibility index (Phi) is 4.02. The smallest absolute Gasteiger partial charge is 0.332 e. The van der Waals surface area contributed by atoms with Crippen molar-refractivity contribution in [1.29, 1.82) is 0 Å². The summed E-state index contributed by atoms with van der Waals surface area (Å²) in [5, 5.41) is 2.63. The normalized spacial score (nSPS) is 10.6. The van der Waals surface area contributed by atoms with Gasteiger partial charge in [-0.05, 0) is 24.1 Å². The second kappa shape index (κ2) is 5.74. The van der Waals surface area contributed by atoms with Crippen molar-refractivity contribution in [2.24, 2.45) is 12.2 Å². The SMILES string of the molecule is Cc1ccc(CCn2c(N)c(N=O)c(=O)n(C)c2=O)cc1. The van der Waals surface area contributed by atoms with Crippen LogP contribution in [-0.4, -0.2) is 9.13 Å². The summed E-state index contributed by atoms with van der Waals surface area (Å²) in [4.78, 5) is 34.5. The van der Waals surface area contributed by atoms with E-state index in [-0.39, 0.29) is 12.4 Å². The van der Waals surface area contributed by atoms with Crippen molar-refractivity contribution in [2.75, 3.05) is 5.73 Å². The van der Waals surface area contributed by atoms with E-state index in [1.807, 2.05) is 31.2 Å². The van der Waals surface area contributed by atoms with E-state index < -0.39 is 16.9 Å². The van der Waals surface area contributed by atoms with Crippen LogP contribution in [-0.2, 0) is 20.0 Å². The van der Waals surface area contributed by atoms with Crippen LogP contribution in [0.2, 0.25) is 0 Å². The van der Waals surface area contributed by atoms with Crippen LogP contribution < -0.4 is 17.0 Å². The number of hydrogen-bond acceptors (Lipinski definition) is 5. The van der Waals surface area contributed by atoms with Crippen LogP contribution in [0.4, 0.5) is 11.5 Å². The standard InChI is InChI=1S/C14H16N4O3/c1-9-3-5-10(6-4-9)7-8-18-12(15)11(16-21)13(19)17(2)14(18)20/h3-6H,7-8,15H2,1-2H3. The molecule has 7 heteroatoms. The van der Waals surface area contributed by atoms with Crippen molar-refractivity contribution in [3.8, 4) is 0 Å². The van der Waals surface area contributed by atoms with Gasteiger partial charge in [-0.3, -0.25) is 13.9 Å². The first kappa shape index (κ1) is 14.7. The summed E-state index contributed by atoms with van der Waals surface area (Å²) < 4.78 is 2.03. The second-order valence-corrected chi connectivity index (χ2v) is 4.86. The summed E-state index contributed by atoms with van der Waals surface area (Å²) >= 11 is 0. The van der Waals surface area contributed by atoms with Crippen molar-refractivity contribution in [3.63, 3.8) is 0 Å². The molecule has 0 aliphatic rings. The van der Waals surface area contributed by atoms with Gasteiger partial charge < -0.3 is 5.73 Å². The van der Waals surface area contributed by atoms with Crippen LogP contribution in [0, 0.1) is 11.8 Å². The Morgan fingerprint density at radius 3 is 2.38 bits per heavy atom. The largest absolute Gasteiger partial charge is 0.383 e. The van der Waals surface area contributed by atoms with Gasteiger partial charge >= 0.3 is 5.69 Å². The summed E-state index contributed by atoms with van der Waals surface area (Å²) in [7, 11) is 1.29. The number of nitrogens with two attached hydrogens (primary N) is 1. The minimum atomic E-state index is -0.779. The van der Waals surface area contributed by atoms with E-state index >= 15 is 0 Å². The molecule has 2 N–H and O–H groups in total. The predicted octanol–water partition coefficient (Wildman–Crippen LogP) is 1.08. The monoisotopic (exact) mass is 288 g/mol. The van der Waals surface area contributed by atoms with E-state index in [2.05, 4.69) is 5.18 Å². The number of benzene rings is 1. The molecular weight excluding hydrogens is 272 g/mol. The molecule has 0 atom stereocenters. The maximum absolute atomic E-state index is 12.1. The van der Waals surface area contributed by atoms with Gasteiger partial charge in [-0.15, -0.1) is 4.91 Å². The number of nitrogen functional groups attached to an aromatic ring is 1. The molecule has 2 aromatic rings. The van der Waals surface area contributed by atoms with Crippen molar-refractivity contribution in [3.05, 3.63) is 61.1 Å². The molecule has 0 radical (unpaired) electrons. The number of hydrogen-bond donors (Lipinski definition) is 1. The van der Waals surface area contributed by atoms with Crippen molar-refractivity contribution >= 4 is 11.5 Å². The summed E-state index contributed by atoms with van der Waals surface area (Å²) in [5.74, 6) is -0.190. The highest BCUT2D eigenvalue weighted by atomic mass is 16.3. The average molecular weight is 288 g/mol. The molecule has 7 nitrogen and oxygen atoms in total. The molecule has 0 bridgehead atoms. The minimum Gasteiger partial charge on any atom is -0.383 e. The maximum Gasteiger partial charge on any atom is 0.332 e. The quantitative estimate of drug-likeness (QED) is 0.851. The van der Waals surface area contributed by atoms with Crippen molar-refractivity contribution in [1.82, 2.24) is 9.13 Å². The van der Waals surface area contributed by atoms with E-state index in [1.165, 1.54) is 11.6 Å². The lowest BCUT2D eigenvalue weighted by molar-refractivity contribution is 0.609. The van der Waals surface area contributed by atoms with Gasteiger partial charge in [0.15, 0.2) is 0 Å². The zero-order valence-electron chi connectivity index (χ0n) is 11.9. The molecule has 0 aliphatic heterocycles. The number of anilines is 1. The molecule has 0 unspecified atom stereocenters. The van der Waals surface area contributed by atoms with Crippen molar-refractivity contribution < 1.29 is 0 Å². The van der Waals surface area contributed by atoms with Crippen LogP contribution in [0.5, 0.6) is 0 Å². The van der Waals surface area contributed by atoms with Crippen LogP contribution in [0.3, 0.4) is 0 Å². The first-order valence-electron chi connectivity index (χ1n) is 6.44. The molecule has 0 fully saturated rings. The van der Waals surface area contributed by atoms with Gasteiger partial charge in [-0.1, -0.05) is 29.8 Å². The van der Waals surface area contributed by atoms with E-state index in [0.29, 0.717) is 6.42 Å². The average Bonchev–Trinajstić information content (AvgIpc) is 2.47. The van der Waals surface area contributed by atoms with Gasteiger partial charge in [0.25, 0.3) is 5.56 Å². The van der Waals surface area contributed by atoms with Crippen LogP contribution >= 0.6 is 0 Å². The zero-order valence-corrected chi connectivity index (χ0v) is 11.9. The molecule has 1 aromatic carbocycles. The maximum atomic E-state index is 12.1. The Morgan fingerprint density at radius 2 is 1.81 bits per heavy atom. The lowest BCUT2D eigenvalue weighted by atomic mass is 10.1. The lowest BCUT2D eigenvalue weighted by Crippen LogP contribution is -2.39. The zero-order chi connectivity index (χ0) is 15.6. The lowest BCUT2D eigenvalue weighted by Gasteiger charge is -2.12. The third-order valence-corrected chi connectivity index (χ3v) is 3.39. The Balaban J connectivity index is 2.38. The molecule has 0 aliphatic carbocycles. The molecular formula is C14H16N4O3. The molecule has 0 spiro atoms. The summed E-state index contributed by atoms with van der Waals surface area (Å²) in [6.45, 7) is 2.26. The van der Waals surface area contributed by atoms with Gasteiger partial charge in [0.05, 0.1) is 0 Å². The van der Waals surface area contributed by atoms with Crippen LogP contribution in [0.25, 0.3) is 0 Å². The van der Waals surface area contributed by atoms with E-state index in [9.17, 15) is 14.5 Å². The molecule has 0 saturated carbocycles. The van der Waals surface area contributed by atoms with Gasteiger partial charge in [-0.25, -0.2) is 4.79 Å². The molecule has 1 heterocycles. The number of aromatic nitrogens is 2. The molecule has 0 amide bonds. The summed E-state index contributed by atoms with van der Waals surface area (Å²) in [6, 6.07) is 7.86. The Morgan fingerprint density at radius 1 is 1.19 bits per heavy atom. The number of aryl methyl sites for hydroxylation is 2. The highest BCUT2D eigenvalue weighted by molar-refractivity contribution is 5.55. The van der Waals surface area contributed by atoms with Crippen LogP contribution in [0.15, 0.2) is 39.0 Å². The minimum absolute atomic E-state index is 0.190. The number of nitroso groups, excluding NO2 is 1. The Hall–Kier alpha value is -2.70. The fourth-order valence-corrected chi connectivity index (χ4v) is 2.06. The van der Waals surface area contributed by atoms with Gasteiger partial charge in [-0.2, -0.15) is 0 Å². The second-order valence-electron chi connectivity index (χ2n) is 4.86. The third-order valence-electron chi connectivity index (χ3n) is 3.39. The summed E-state index contributed by atoms with van der Waals surface area (Å²) in [5.41, 5.74) is 6.11. The first-order chi connectivity index (χ1) is 9.95. The molecule has 21 heavy (non-hydrogen) atoms. The molecule has 110 valence electrons. The Labute approximate surface area is 120 Å².